The second kappa shape index (κ2) is 9.95. The smallest absolute Gasteiger partial charge is 0.0331 e. The van der Waals surface area contributed by atoms with Crippen molar-refractivity contribution >= 4 is 31.9 Å². The Bertz CT molecular complexity index is 366. The number of nitrogens with one attached hydrogen (secondary N) is 1. The SMILES string of the molecule is CCCCCCC(NCCC)c1cc(Br)ccc1Br. The summed E-state index contributed by atoms with van der Waals surface area (Å²) < 4.78 is 2.36. The van der Waals surface area contributed by atoms with Crippen molar-refractivity contribution < 1.29 is 0 Å². The number of hydrogen-bond donors (Lipinski definition) is 1. The Morgan fingerprint density at radius 2 is 1.84 bits per heavy atom. The minimum Gasteiger partial charge on any atom is -0.310 e. The minimum absolute atomic E-state index is 0.462. The maximum absolute atomic E-state index is 3.68. The molecule has 0 aliphatic heterocycles. The summed E-state index contributed by atoms with van der Waals surface area (Å²) in [6.07, 6.45) is 7.68. The van der Waals surface area contributed by atoms with Gasteiger partial charge in [-0.1, -0.05) is 71.4 Å². The molecule has 19 heavy (non-hydrogen) atoms. The molecule has 108 valence electrons. The van der Waals surface area contributed by atoms with Gasteiger partial charge in [0.05, 0.1) is 0 Å². The minimum atomic E-state index is 0.462. The first kappa shape index (κ1) is 17.2. The molecule has 0 spiro atoms. The first-order valence-corrected chi connectivity index (χ1v) is 8.96. The molecule has 0 heterocycles. The second-order valence-electron chi connectivity index (χ2n) is 5.02. The van der Waals surface area contributed by atoms with E-state index in [1.807, 2.05) is 0 Å². The fourth-order valence-corrected chi connectivity index (χ4v) is 3.14. The zero-order valence-corrected chi connectivity index (χ0v) is 15.2. The molecule has 0 aliphatic rings. The maximum Gasteiger partial charge on any atom is 0.0331 e. The van der Waals surface area contributed by atoms with E-state index in [0.717, 1.165) is 11.0 Å². The summed E-state index contributed by atoms with van der Waals surface area (Å²) in [6.45, 7) is 5.56. The largest absolute Gasteiger partial charge is 0.310 e. The molecule has 0 aliphatic carbocycles. The van der Waals surface area contributed by atoms with Crippen molar-refractivity contribution in [2.45, 2.75) is 58.4 Å². The van der Waals surface area contributed by atoms with E-state index >= 15 is 0 Å². The molecule has 1 rings (SSSR count). The van der Waals surface area contributed by atoms with Gasteiger partial charge in [0, 0.05) is 15.0 Å². The maximum atomic E-state index is 3.68. The third kappa shape index (κ3) is 6.42. The summed E-state index contributed by atoms with van der Waals surface area (Å²) in [4.78, 5) is 0. The van der Waals surface area contributed by atoms with E-state index in [4.69, 9.17) is 0 Å². The lowest BCUT2D eigenvalue weighted by molar-refractivity contribution is 0.469. The van der Waals surface area contributed by atoms with Gasteiger partial charge in [-0.25, -0.2) is 0 Å². The molecule has 3 heteroatoms. The number of hydrogen-bond acceptors (Lipinski definition) is 1. The van der Waals surface area contributed by atoms with Gasteiger partial charge in [0.15, 0.2) is 0 Å². The van der Waals surface area contributed by atoms with Crippen molar-refractivity contribution in [1.82, 2.24) is 5.32 Å². The van der Waals surface area contributed by atoms with Crippen LogP contribution < -0.4 is 5.32 Å². The van der Waals surface area contributed by atoms with Crippen LogP contribution in [0.2, 0.25) is 0 Å². The summed E-state index contributed by atoms with van der Waals surface area (Å²) in [5, 5.41) is 3.68. The Balaban J connectivity index is 2.68. The van der Waals surface area contributed by atoms with Gasteiger partial charge in [0.25, 0.3) is 0 Å². The van der Waals surface area contributed by atoms with Crippen LogP contribution in [0.5, 0.6) is 0 Å². The monoisotopic (exact) mass is 389 g/mol. The molecular formula is C16H25Br2N. The molecule has 0 fully saturated rings. The van der Waals surface area contributed by atoms with Crippen LogP contribution in [0.25, 0.3) is 0 Å². The highest BCUT2D eigenvalue weighted by Crippen LogP contribution is 2.30. The van der Waals surface area contributed by atoms with Crippen LogP contribution in [-0.2, 0) is 0 Å². The van der Waals surface area contributed by atoms with Gasteiger partial charge in [-0.2, -0.15) is 0 Å². The first-order valence-electron chi connectivity index (χ1n) is 7.37. The van der Waals surface area contributed by atoms with E-state index in [0.29, 0.717) is 6.04 Å². The van der Waals surface area contributed by atoms with E-state index in [2.05, 4.69) is 69.2 Å². The van der Waals surface area contributed by atoms with Crippen molar-refractivity contribution in [2.75, 3.05) is 6.54 Å². The lowest BCUT2D eigenvalue weighted by atomic mass is 10.00. The van der Waals surface area contributed by atoms with E-state index in [-0.39, 0.29) is 0 Å². The topological polar surface area (TPSA) is 12.0 Å². The standard InChI is InChI=1S/C16H25Br2N/c1-3-5-6-7-8-16(19-11-4-2)14-12-13(17)9-10-15(14)18/h9-10,12,16,19H,3-8,11H2,1-2H3. The molecule has 0 saturated carbocycles. The molecule has 1 N–H and O–H groups in total. The Labute approximate surface area is 134 Å². The predicted octanol–water partition coefficient (Wildman–Crippen LogP) is 6.22. The summed E-state index contributed by atoms with van der Waals surface area (Å²) >= 11 is 7.26. The van der Waals surface area contributed by atoms with Crippen molar-refractivity contribution in [1.29, 1.82) is 0 Å². The summed E-state index contributed by atoms with van der Waals surface area (Å²) in [6, 6.07) is 6.91. The van der Waals surface area contributed by atoms with Crippen LogP contribution in [0, 0.1) is 0 Å². The zero-order chi connectivity index (χ0) is 14.1. The lowest BCUT2D eigenvalue weighted by Gasteiger charge is -2.20. The number of benzene rings is 1. The van der Waals surface area contributed by atoms with Gasteiger partial charge in [0.2, 0.25) is 0 Å². The van der Waals surface area contributed by atoms with Crippen molar-refractivity contribution in [3.05, 3.63) is 32.7 Å². The fraction of sp³-hybridized carbons (Fsp3) is 0.625. The van der Waals surface area contributed by atoms with Crippen LogP contribution >= 0.6 is 31.9 Å². The average molecular weight is 391 g/mol. The zero-order valence-electron chi connectivity index (χ0n) is 12.0. The van der Waals surface area contributed by atoms with Crippen LogP contribution in [0.1, 0.15) is 64.0 Å². The Morgan fingerprint density at radius 3 is 2.53 bits per heavy atom. The lowest BCUT2D eigenvalue weighted by Crippen LogP contribution is -2.22. The summed E-state index contributed by atoms with van der Waals surface area (Å²) in [5.74, 6) is 0. The fourth-order valence-electron chi connectivity index (χ4n) is 2.24. The second-order valence-corrected chi connectivity index (χ2v) is 6.79. The molecule has 1 aromatic carbocycles. The number of rotatable bonds is 9. The predicted molar refractivity (Wildman–Crippen MR) is 91.6 cm³/mol. The highest BCUT2D eigenvalue weighted by molar-refractivity contribution is 9.11. The average Bonchev–Trinajstić information content (AvgIpc) is 2.41. The highest BCUT2D eigenvalue weighted by Gasteiger charge is 2.13. The molecule has 1 nitrogen and oxygen atoms in total. The van der Waals surface area contributed by atoms with E-state index in [1.165, 1.54) is 48.6 Å². The van der Waals surface area contributed by atoms with Crippen LogP contribution in [0.3, 0.4) is 0 Å². The van der Waals surface area contributed by atoms with Crippen LogP contribution in [-0.4, -0.2) is 6.54 Å². The van der Waals surface area contributed by atoms with E-state index < -0.39 is 0 Å². The third-order valence-corrected chi connectivity index (χ3v) is 4.54. The van der Waals surface area contributed by atoms with Crippen LogP contribution in [0.15, 0.2) is 27.1 Å². The summed E-state index contributed by atoms with van der Waals surface area (Å²) in [5.41, 5.74) is 1.37. The molecular weight excluding hydrogens is 366 g/mol. The van der Waals surface area contributed by atoms with Gasteiger partial charge in [-0.3, -0.25) is 0 Å². The van der Waals surface area contributed by atoms with Crippen LogP contribution in [0.4, 0.5) is 0 Å². The Hall–Kier alpha value is 0.140. The Morgan fingerprint density at radius 1 is 1.05 bits per heavy atom. The molecule has 1 aromatic rings. The number of halogens is 2. The molecule has 0 bridgehead atoms. The number of unbranched alkanes of at least 4 members (excludes halogenated alkanes) is 3. The van der Waals surface area contributed by atoms with E-state index in [9.17, 15) is 0 Å². The molecule has 0 amide bonds. The van der Waals surface area contributed by atoms with Gasteiger partial charge in [0.1, 0.15) is 0 Å². The summed E-state index contributed by atoms with van der Waals surface area (Å²) in [7, 11) is 0. The molecule has 1 unspecified atom stereocenters. The van der Waals surface area contributed by atoms with Gasteiger partial charge in [-0.15, -0.1) is 0 Å². The van der Waals surface area contributed by atoms with E-state index in [1.54, 1.807) is 0 Å². The highest BCUT2D eigenvalue weighted by atomic mass is 79.9. The van der Waals surface area contributed by atoms with Crippen molar-refractivity contribution in [3.8, 4) is 0 Å². The Kier molecular flexibility index (Phi) is 9.01. The molecule has 0 saturated heterocycles. The van der Waals surface area contributed by atoms with Crippen molar-refractivity contribution in [2.24, 2.45) is 0 Å². The molecule has 1 atom stereocenters. The molecule has 0 aromatic heterocycles. The first-order chi connectivity index (χ1) is 9.19. The molecule has 0 radical (unpaired) electrons. The normalized spacial score (nSPS) is 12.6. The van der Waals surface area contributed by atoms with Gasteiger partial charge >= 0.3 is 0 Å². The quantitative estimate of drug-likeness (QED) is 0.493. The van der Waals surface area contributed by atoms with Gasteiger partial charge < -0.3 is 5.32 Å². The van der Waals surface area contributed by atoms with Crippen molar-refractivity contribution in [3.63, 3.8) is 0 Å². The van der Waals surface area contributed by atoms with Gasteiger partial charge in [-0.05, 0) is 43.1 Å². The third-order valence-electron chi connectivity index (χ3n) is 3.32.